The molecule has 0 saturated carbocycles. The van der Waals surface area contributed by atoms with Crippen LogP contribution < -0.4 is 14.8 Å². The summed E-state index contributed by atoms with van der Waals surface area (Å²) in [5, 5.41) is 23.0. The second-order valence-electron chi connectivity index (χ2n) is 6.87. The van der Waals surface area contributed by atoms with E-state index in [1.165, 1.54) is 25.3 Å². The smallest absolute Gasteiger partial charge is 0.271 e. The number of nitriles is 1. The summed E-state index contributed by atoms with van der Waals surface area (Å²) in [4.78, 5) is 23.0. The standard InChI is InChI=1S/C24H17BrClN3O5/c1-33-23-11-16(4-9-22(23)34-14-15-2-5-18(25)6-3-15)10-17(13-27)24(30)28-21-12-19(29(31)32)7-8-20(21)26/h2-12H,14H2,1H3,(H,28,30)/b17-10+. The Kier molecular flexibility index (Phi) is 8.24. The second kappa shape index (κ2) is 11.3. The number of carbonyl (C=O) groups excluding carboxylic acids is 1. The topological polar surface area (TPSA) is 114 Å². The predicted molar refractivity (Wildman–Crippen MR) is 132 cm³/mol. The van der Waals surface area contributed by atoms with Crippen LogP contribution in [0.2, 0.25) is 5.02 Å². The lowest BCUT2D eigenvalue weighted by atomic mass is 10.1. The lowest BCUT2D eigenvalue weighted by Crippen LogP contribution is -2.14. The zero-order valence-corrected chi connectivity index (χ0v) is 20.1. The van der Waals surface area contributed by atoms with E-state index in [-0.39, 0.29) is 22.0 Å². The highest BCUT2D eigenvalue weighted by atomic mass is 79.9. The zero-order valence-electron chi connectivity index (χ0n) is 17.7. The summed E-state index contributed by atoms with van der Waals surface area (Å²) in [6, 6.07) is 18.1. The molecular formula is C24H17BrClN3O5. The first-order chi connectivity index (χ1) is 16.3. The Hall–Kier alpha value is -3.87. The van der Waals surface area contributed by atoms with E-state index >= 15 is 0 Å². The molecule has 0 aliphatic rings. The first kappa shape index (κ1) is 24.8. The molecular weight excluding hydrogens is 526 g/mol. The average molecular weight is 543 g/mol. The Morgan fingerprint density at radius 1 is 1.18 bits per heavy atom. The van der Waals surface area contributed by atoms with E-state index in [1.54, 1.807) is 18.2 Å². The number of nitro groups is 1. The molecule has 0 bridgehead atoms. The fourth-order valence-corrected chi connectivity index (χ4v) is 3.29. The molecule has 1 N–H and O–H groups in total. The molecule has 0 heterocycles. The molecule has 0 spiro atoms. The molecule has 0 saturated heterocycles. The minimum Gasteiger partial charge on any atom is -0.493 e. The van der Waals surface area contributed by atoms with Crippen LogP contribution in [-0.2, 0) is 11.4 Å². The quantitative estimate of drug-likeness (QED) is 0.158. The molecule has 8 nitrogen and oxygen atoms in total. The number of nitrogens with one attached hydrogen (secondary N) is 1. The molecule has 172 valence electrons. The fraction of sp³-hybridized carbons (Fsp3) is 0.0833. The number of halogens is 2. The maximum absolute atomic E-state index is 12.6. The van der Waals surface area contributed by atoms with Crippen molar-refractivity contribution in [3.8, 4) is 17.6 Å². The maximum Gasteiger partial charge on any atom is 0.271 e. The van der Waals surface area contributed by atoms with Crippen LogP contribution in [0.15, 0.2) is 70.7 Å². The van der Waals surface area contributed by atoms with Gasteiger partial charge in [-0.1, -0.05) is 45.7 Å². The van der Waals surface area contributed by atoms with Gasteiger partial charge in [0.25, 0.3) is 11.6 Å². The minimum atomic E-state index is -0.764. The number of benzene rings is 3. The van der Waals surface area contributed by atoms with Crippen LogP contribution in [0.3, 0.4) is 0 Å². The zero-order chi connectivity index (χ0) is 24.7. The SMILES string of the molecule is COc1cc(/C=C(\C#N)C(=O)Nc2cc([N+](=O)[O-])ccc2Cl)ccc1OCc1ccc(Br)cc1. The number of nitro benzene ring substituents is 1. The van der Waals surface area contributed by atoms with E-state index in [4.69, 9.17) is 21.1 Å². The molecule has 0 aliphatic carbocycles. The van der Waals surface area contributed by atoms with E-state index in [0.717, 1.165) is 16.1 Å². The molecule has 0 atom stereocenters. The van der Waals surface area contributed by atoms with E-state index in [2.05, 4.69) is 21.2 Å². The number of hydrogen-bond donors (Lipinski definition) is 1. The molecule has 1 amide bonds. The van der Waals surface area contributed by atoms with Crippen molar-refractivity contribution in [2.24, 2.45) is 0 Å². The third-order valence-corrected chi connectivity index (χ3v) is 5.44. The molecule has 0 aromatic heterocycles. The molecule has 0 fully saturated rings. The van der Waals surface area contributed by atoms with Crippen LogP contribution in [0.1, 0.15) is 11.1 Å². The van der Waals surface area contributed by atoms with Crippen molar-refractivity contribution < 1.29 is 19.2 Å². The highest BCUT2D eigenvalue weighted by Crippen LogP contribution is 2.30. The Balaban J connectivity index is 1.78. The third-order valence-electron chi connectivity index (χ3n) is 4.58. The van der Waals surface area contributed by atoms with Crippen LogP contribution in [-0.4, -0.2) is 17.9 Å². The molecule has 10 heteroatoms. The van der Waals surface area contributed by atoms with Gasteiger partial charge in [0, 0.05) is 16.6 Å². The van der Waals surface area contributed by atoms with Crippen LogP contribution in [0, 0.1) is 21.4 Å². The monoisotopic (exact) mass is 541 g/mol. The predicted octanol–water partition coefficient (Wildman–Crippen LogP) is 6.14. The van der Waals surface area contributed by atoms with Gasteiger partial charge >= 0.3 is 0 Å². The number of amides is 1. The van der Waals surface area contributed by atoms with Gasteiger partial charge in [-0.05, 0) is 47.5 Å². The van der Waals surface area contributed by atoms with Gasteiger partial charge in [-0.25, -0.2) is 0 Å². The largest absolute Gasteiger partial charge is 0.493 e. The van der Waals surface area contributed by atoms with Gasteiger partial charge in [0.15, 0.2) is 11.5 Å². The van der Waals surface area contributed by atoms with Gasteiger partial charge in [-0.2, -0.15) is 5.26 Å². The van der Waals surface area contributed by atoms with Crippen LogP contribution in [0.4, 0.5) is 11.4 Å². The molecule has 3 aromatic rings. The summed E-state index contributed by atoms with van der Waals surface area (Å²) < 4.78 is 12.2. The van der Waals surface area contributed by atoms with Gasteiger partial charge in [0.2, 0.25) is 0 Å². The summed E-state index contributed by atoms with van der Waals surface area (Å²) >= 11 is 9.41. The van der Waals surface area contributed by atoms with Crippen molar-refractivity contribution in [1.82, 2.24) is 0 Å². The van der Waals surface area contributed by atoms with E-state index in [1.807, 2.05) is 30.3 Å². The van der Waals surface area contributed by atoms with E-state index in [9.17, 15) is 20.2 Å². The molecule has 3 rings (SSSR count). The number of anilines is 1. The first-order valence-corrected chi connectivity index (χ1v) is 10.9. The second-order valence-corrected chi connectivity index (χ2v) is 8.19. The molecule has 3 aromatic carbocycles. The number of rotatable bonds is 8. The molecule has 34 heavy (non-hydrogen) atoms. The Morgan fingerprint density at radius 2 is 1.91 bits per heavy atom. The number of ether oxygens (including phenoxy) is 2. The molecule has 0 aliphatic heterocycles. The Labute approximate surface area is 208 Å². The van der Waals surface area contributed by atoms with E-state index in [0.29, 0.717) is 23.7 Å². The van der Waals surface area contributed by atoms with Crippen molar-refractivity contribution in [2.45, 2.75) is 6.61 Å². The summed E-state index contributed by atoms with van der Waals surface area (Å²) in [6.45, 7) is 0.328. The van der Waals surface area contributed by atoms with Crippen LogP contribution in [0.25, 0.3) is 6.08 Å². The lowest BCUT2D eigenvalue weighted by molar-refractivity contribution is -0.384. The highest BCUT2D eigenvalue weighted by Gasteiger charge is 2.15. The fourth-order valence-electron chi connectivity index (χ4n) is 2.86. The number of hydrogen-bond acceptors (Lipinski definition) is 6. The van der Waals surface area contributed by atoms with Gasteiger partial charge in [0.05, 0.1) is 22.7 Å². The van der Waals surface area contributed by atoms with Crippen LogP contribution in [0.5, 0.6) is 11.5 Å². The van der Waals surface area contributed by atoms with Crippen molar-refractivity contribution in [3.63, 3.8) is 0 Å². The van der Waals surface area contributed by atoms with E-state index < -0.39 is 10.8 Å². The Bertz CT molecular complexity index is 1300. The van der Waals surface area contributed by atoms with Gasteiger partial charge in [0.1, 0.15) is 18.2 Å². The highest BCUT2D eigenvalue weighted by molar-refractivity contribution is 9.10. The van der Waals surface area contributed by atoms with Crippen molar-refractivity contribution >= 4 is 50.9 Å². The summed E-state index contributed by atoms with van der Waals surface area (Å²) in [5.74, 6) is 0.152. The first-order valence-electron chi connectivity index (χ1n) is 9.73. The summed E-state index contributed by atoms with van der Waals surface area (Å²) in [7, 11) is 1.48. The third kappa shape index (κ3) is 6.34. The van der Waals surface area contributed by atoms with Crippen molar-refractivity contribution in [2.75, 3.05) is 12.4 Å². The maximum atomic E-state index is 12.6. The van der Waals surface area contributed by atoms with Crippen molar-refractivity contribution in [3.05, 3.63) is 97.0 Å². The number of carbonyl (C=O) groups is 1. The average Bonchev–Trinajstić information content (AvgIpc) is 2.83. The minimum absolute atomic E-state index is 0.0243. The van der Waals surface area contributed by atoms with Gasteiger partial charge in [-0.15, -0.1) is 0 Å². The van der Waals surface area contributed by atoms with Gasteiger partial charge < -0.3 is 14.8 Å². The summed E-state index contributed by atoms with van der Waals surface area (Å²) in [6.07, 6.45) is 1.36. The number of non-ortho nitro benzene ring substituents is 1. The van der Waals surface area contributed by atoms with Crippen molar-refractivity contribution in [1.29, 1.82) is 5.26 Å². The number of nitrogens with zero attached hydrogens (tertiary/aromatic N) is 2. The Morgan fingerprint density at radius 3 is 2.56 bits per heavy atom. The lowest BCUT2D eigenvalue weighted by Gasteiger charge is -2.12. The van der Waals surface area contributed by atoms with Crippen LogP contribution >= 0.6 is 27.5 Å². The van der Waals surface area contributed by atoms with Gasteiger partial charge in [-0.3, -0.25) is 14.9 Å². The molecule has 0 unspecified atom stereocenters. The normalized spacial score (nSPS) is 10.8. The molecule has 0 radical (unpaired) electrons. The number of methoxy groups -OCH3 is 1. The summed E-state index contributed by atoms with van der Waals surface area (Å²) in [5.41, 5.74) is 1.04.